The zero-order valence-corrected chi connectivity index (χ0v) is 14.2. The lowest BCUT2D eigenvalue weighted by Crippen LogP contribution is -2.13. The topological polar surface area (TPSA) is 34.4 Å². The molecule has 0 amide bonds. The molecule has 21 heavy (non-hydrogen) atoms. The third kappa shape index (κ3) is 4.99. The number of halogens is 1. The van der Waals surface area contributed by atoms with Gasteiger partial charge in [0.05, 0.1) is 19.8 Å². The van der Waals surface area contributed by atoms with Gasteiger partial charge in [0.15, 0.2) is 0 Å². The first-order valence-corrected chi connectivity index (χ1v) is 8.10. The highest BCUT2D eigenvalue weighted by Crippen LogP contribution is 2.19. The number of aryl methyl sites for hydroxylation is 1. The summed E-state index contributed by atoms with van der Waals surface area (Å²) in [6, 6.07) is 10.2. The molecule has 3 nitrogen and oxygen atoms in total. The molecule has 2 aromatic rings. The van der Waals surface area contributed by atoms with E-state index in [0.717, 1.165) is 46.6 Å². The molecule has 0 atom stereocenters. The second-order valence-corrected chi connectivity index (χ2v) is 5.91. The van der Waals surface area contributed by atoms with Crippen LogP contribution < -0.4 is 5.32 Å². The molecule has 4 heteroatoms. The summed E-state index contributed by atoms with van der Waals surface area (Å²) in [5, 5.41) is 3.34. The lowest BCUT2D eigenvalue weighted by molar-refractivity contribution is 0.106. The van der Waals surface area contributed by atoms with Crippen molar-refractivity contribution in [3.63, 3.8) is 0 Å². The summed E-state index contributed by atoms with van der Waals surface area (Å²) in [5.74, 6) is 1.91. The molecule has 0 saturated heterocycles. The zero-order chi connectivity index (χ0) is 15.1. The van der Waals surface area contributed by atoms with Gasteiger partial charge in [-0.2, -0.15) is 0 Å². The van der Waals surface area contributed by atoms with E-state index in [4.69, 9.17) is 9.15 Å². The second-order valence-electron chi connectivity index (χ2n) is 5.06. The van der Waals surface area contributed by atoms with E-state index in [1.807, 2.05) is 25.1 Å². The van der Waals surface area contributed by atoms with Gasteiger partial charge >= 0.3 is 0 Å². The SMILES string of the molecule is CCCNCc1cc(COCc2ccccc2Br)c(C)o1. The second kappa shape index (κ2) is 8.37. The van der Waals surface area contributed by atoms with Crippen molar-refractivity contribution in [2.45, 2.75) is 40.0 Å². The monoisotopic (exact) mass is 351 g/mol. The van der Waals surface area contributed by atoms with E-state index in [0.29, 0.717) is 13.2 Å². The van der Waals surface area contributed by atoms with Crippen molar-refractivity contribution in [3.8, 4) is 0 Å². The Kier molecular flexibility index (Phi) is 6.49. The van der Waals surface area contributed by atoms with Crippen molar-refractivity contribution < 1.29 is 9.15 Å². The van der Waals surface area contributed by atoms with Gasteiger partial charge in [-0.1, -0.05) is 41.1 Å². The fourth-order valence-electron chi connectivity index (χ4n) is 2.09. The third-order valence-electron chi connectivity index (χ3n) is 3.27. The van der Waals surface area contributed by atoms with Gasteiger partial charge in [-0.3, -0.25) is 0 Å². The number of hydrogen-bond donors (Lipinski definition) is 1. The Morgan fingerprint density at radius 1 is 1.19 bits per heavy atom. The highest BCUT2D eigenvalue weighted by atomic mass is 79.9. The lowest BCUT2D eigenvalue weighted by Gasteiger charge is -2.05. The predicted octanol–water partition coefficient (Wildman–Crippen LogP) is 4.57. The molecule has 1 aromatic heterocycles. The van der Waals surface area contributed by atoms with Crippen molar-refractivity contribution in [3.05, 3.63) is 57.5 Å². The van der Waals surface area contributed by atoms with E-state index < -0.39 is 0 Å². The summed E-state index contributed by atoms with van der Waals surface area (Å²) in [6.07, 6.45) is 1.13. The van der Waals surface area contributed by atoms with Crippen LogP contribution in [0.3, 0.4) is 0 Å². The molecule has 0 aliphatic rings. The van der Waals surface area contributed by atoms with Crippen LogP contribution in [0.2, 0.25) is 0 Å². The fourth-order valence-corrected chi connectivity index (χ4v) is 2.49. The van der Waals surface area contributed by atoms with Crippen molar-refractivity contribution in [2.24, 2.45) is 0 Å². The number of benzene rings is 1. The van der Waals surface area contributed by atoms with Crippen LogP contribution in [-0.2, 0) is 24.5 Å². The van der Waals surface area contributed by atoms with E-state index in [2.05, 4.69) is 40.3 Å². The molecule has 2 rings (SSSR count). The molecule has 0 saturated carbocycles. The molecular weight excluding hydrogens is 330 g/mol. The number of furan rings is 1. The Morgan fingerprint density at radius 3 is 2.71 bits per heavy atom. The fraction of sp³-hybridized carbons (Fsp3) is 0.412. The predicted molar refractivity (Wildman–Crippen MR) is 88.1 cm³/mol. The van der Waals surface area contributed by atoms with E-state index in [1.165, 1.54) is 0 Å². The third-order valence-corrected chi connectivity index (χ3v) is 4.04. The molecule has 1 N–H and O–H groups in total. The summed E-state index contributed by atoms with van der Waals surface area (Å²) >= 11 is 3.53. The normalized spacial score (nSPS) is 11.0. The minimum absolute atomic E-state index is 0.574. The van der Waals surface area contributed by atoms with Gasteiger partial charge in [0.1, 0.15) is 11.5 Å². The first kappa shape index (κ1) is 16.3. The van der Waals surface area contributed by atoms with Gasteiger partial charge < -0.3 is 14.5 Å². The van der Waals surface area contributed by atoms with Crippen LogP contribution in [0.25, 0.3) is 0 Å². The van der Waals surface area contributed by atoms with Crippen LogP contribution in [0.15, 0.2) is 39.2 Å². The van der Waals surface area contributed by atoms with Crippen LogP contribution in [0.5, 0.6) is 0 Å². The van der Waals surface area contributed by atoms with E-state index in [1.54, 1.807) is 0 Å². The summed E-state index contributed by atoms with van der Waals surface area (Å²) < 4.78 is 12.6. The maximum Gasteiger partial charge on any atom is 0.118 e. The molecule has 0 fully saturated rings. The van der Waals surface area contributed by atoms with Crippen LogP contribution >= 0.6 is 15.9 Å². The first-order valence-electron chi connectivity index (χ1n) is 7.30. The number of nitrogens with one attached hydrogen (secondary N) is 1. The minimum atomic E-state index is 0.574. The van der Waals surface area contributed by atoms with Gasteiger partial charge in [0.25, 0.3) is 0 Å². The van der Waals surface area contributed by atoms with Crippen molar-refractivity contribution in [1.29, 1.82) is 0 Å². The average molecular weight is 352 g/mol. The molecule has 1 heterocycles. The molecule has 1 aromatic carbocycles. The molecule has 114 valence electrons. The van der Waals surface area contributed by atoms with E-state index in [9.17, 15) is 0 Å². The van der Waals surface area contributed by atoms with Crippen molar-refractivity contribution in [1.82, 2.24) is 5.32 Å². The minimum Gasteiger partial charge on any atom is -0.465 e. The van der Waals surface area contributed by atoms with E-state index >= 15 is 0 Å². The lowest BCUT2D eigenvalue weighted by atomic mass is 10.2. The highest BCUT2D eigenvalue weighted by Gasteiger charge is 2.08. The van der Waals surface area contributed by atoms with E-state index in [-0.39, 0.29) is 0 Å². The Balaban J connectivity index is 1.84. The Hall–Kier alpha value is -1.10. The van der Waals surface area contributed by atoms with Gasteiger partial charge in [0.2, 0.25) is 0 Å². The van der Waals surface area contributed by atoms with Crippen molar-refractivity contribution in [2.75, 3.05) is 6.54 Å². The van der Waals surface area contributed by atoms with Gasteiger partial charge in [-0.25, -0.2) is 0 Å². The van der Waals surface area contributed by atoms with Crippen LogP contribution in [0.1, 0.15) is 36.0 Å². The number of rotatable bonds is 8. The maximum absolute atomic E-state index is 5.80. The average Bonchev–Trinajstić information content (AvgIpc) is 2.82. The Morgan fingerprint density at radius 2 is 1.95 bits per heavy atom. The molecule has 0 bridgehead atoms. The summed E-state index contributed by atoms with van der Waals surface area (Å²) in [6.45, 7) is 7.09. The Labute approximate surface area is 134 Å². The first-order chi connectivity index (χ1) is 10.2. The Bertz CT molecular complexity index is 566. The van der Waals surface area contributed by atoms with Gasteiger partial charge in [-0.05, 0) is 37.6 Å². The molecule has 0 unspecified atom stereocenters. The highest BCUT2D eigenvalue weighted by molar-refractivity contribution is 9.10. The smallest absolute Gasteiger partial charge is 0.118 e. The quantitative estimate of drug-likeness (QED) is 0.707. The van der Waals surface area contributed by atoms with Crippen LogP contribution in [0.4, 0.5) is 0 Å². The zero-order valence-electron chi connectivity index (χ0n) is 12.6. The molecule has 0 spiro atoms. The van der Waals surface area contributed by atoms with Crippen LogP contribution in [0, 0.1) is 6.92 Å². The summed E-state index contributed by atoms with van der Waals surface area (Å²) in [5.41, 5.74) is 2.28. The standard InChI is InChI=1S/C17H22BrNO2/c1-3-8-19-10-16-9-15(13(2)21-16)12-20-11-14-6-4-5-7-17(14)18/h4-7,9,19H,3,8,10-12H2,1-2H3. The summed E-state index contributed by atoms with van der Waals surface area (Å²) in [7, 11) is 0. The number of hydrogen-bond acceptors (Lipinski definition) is 3. The van der Waals surface area contributed by atoms with Gasteiger partial charge in [0, 0.05) is 10.0 Å². The number of ether oxygens (including phenoxy) is 1. The van der Waals surface area contributed by atoms with Crippen molar-refractivity contribution >= 4 is 15.9 Å². The largest absolute Gasteiger partial charge is 0.465 e. The molecule has 0 aliphatic carbocycles. The summed E-state index contributed by atoms with van der Waals surface area (Å²) in [4.78, 5) is 0. The molecular formula is C17H22BrNO2. The van der Waals surface area contributed by atoms with Crippen LogP contribution in [-0.4, -0.2) is 6.54 Å². The molecule has 0 radical (unpaired) electrons. The van der Waals surface area contributed by atoms with Gasteiger partial charge in [-0.15, -0.1) is 0 Å². The maximum atomic E-state index is 5.80. The molecule has 0 aliphatic heterocycles.